The number of halogens is 2. The number of nitrogens with zero attached hydrogens (tertiary/aromatic N) is 2. The van der Waals surface area contributed by atoms with Crippen LogP contribution in [-0.2, 0) is 6.42 Å². The van der Waals surface area contributed by atoms with Gasteiger partial charge in [0.15, 0.2) is 0 Å². The molecule has 16 heavy (non-hydrogen) atoms. The smallest absolute Gasteiger partial charge is 0.0631 e. The fourth-order valence-corrected chi connectivity index (χ4v) is 2.44. The van der Waals surface area contributed by atoms with Crippen LogP contribution in [0, 0.1) is 5.41 Å². The Morgan fingerprint density at radius 1 is 1.38 bits per heavy atom. The van der Waals surface area contributed by atoms with E-state index in [-0.39, 0.29) is 5.41 Å². The molecule has 1 heterocycles. The number of hydrogen-bond acceptors (Lipinski definition) is 1. The predicted molar refractivity (Wildman–Crippen MR) is 70.5 cm³/mol. The highest BCUT2D eigenvalue weighted by Gasteiger charge is 2.27. The third-order valence-corrected chi connectivity index (χ3v) is 4.20. The molecule has 4 heteroatoms. The fraction of sp³-hybridized carbons (Fsp3) is 0.750. The van der Waals surface area contributed by atoms with Gasteiger partial charge >= 0.3 is 0 Å². The van der Waals surface area contributed by atoms with E-state index in [2.05, 4.69) is 31.9 Å². The van der Waals surface area contributed by atoms with Crippen LogP contribution < -0.4 is 0 Å². The third kappa shape index (κ3) is 3.14. The van der Waals surface area contributed by atoms with Crippen LogP contribution >= 0.6 is 23.2 Å². The maximum absolute atomic E-state index is 6.02. The van der Waals surface area contributed by atoms with Gasteiger partial charge in [0.05, 0.1) is 5.69 Å². The molecular formula is C12H20Cl2N2. The summed E-state index contributed by atoms with van der Waals surface area (Å²) in [7, 11) is 0. The molecule has 1 aromatic rings. The van der Waals surface area contributed by atoms with Gasteiger partial charge in [0.25, 0.3) is 0 Å². The number of hydrogen-bond donors (Lipinski definition) is 0. The molecule has 0 aliphatic rings. The number of aromatic nitrogens is 2. The first kappa shape index (κ1) is 13.9. The summed E-state index contributed by atoms with van der Waals surface area (Å²) in [6.07, 6.45) is 3.85. The Bertz CT molecular complexity index is 308. The Morgan fingerprint density at radius 2 is 2.00 bits per heavy atom. The predicted octanol–water partition coefficient (Wildman–Crippen LogP) is 3.88. The average Bonchev–Trinajstić information content (AvgIpc) is 2.74. The molecule has 0 bridgehead atoms. The zero-order valence-corrected chi connectivity index (χ0v) is 11.7. The highest BCUT2D eigenvalue weighted by molar-refractivity contribution is 6.21. The van der Waals surface area contributed by atoms with Gasteiger partial charge in [-0.25, -0.2) is 0 Å². The van der Waals surface area contributed by atoms with Crippen LogP contribution in [0.15, 0.2) is 12.3 Å². The fourth-order valence-electron chi connectivity index (χ4n) is 1.59. The van der Waals surface area contributed by atoms with E-state index >= 15 is 0 Å². The average molecular weight is 263 g/mol. The SMILES string of the molecule is CCC(CCl)(CCl)Cc1ccn(C(C)C)n1. The van der Waals surface area contributed by atoms with Crippen molar-refractivity contribution in [1.82, 2.24) is 9.78 Å². The van der Waals surface area contributed by atoms with Crippen molar-refractivity contribution in [3.63, 3.8) is 0 Å². The van der Waals surface area contributed by atoms with Gasteiger partial charge in [0.1, 0.15) is 0 Å². The van der Waals surface area contributed by atoms with Crippen molar-refractivity contribution in [3.05, 3.63) is 18.0 Å². The van der Waals surface area contributed by atoms with Gasteiger partial charge in [-0.3, -0.25) is 4.68 Å². The van der Waals surface area contributed by atoms with E-state index in [4.69, 9.17) is 23.2 Å². The van der Waals surface area contributed by atoms with Crippen molar-refractivity contribution in [3.8, 4) is 0 Å². The molecule has 2 nitrogen and oxygen atoms in total. The van der Waals surface area contributed by atoms with Gasteiger partial charge in [0.2, 0.25) is 0 Å². The summed E-state index contributed by atoms with van der Waals surface area (Å²) in [6, 6.07) is 2.46. The molecule has 0 aromatic carbocycles. The van der Waals surface area contributed by atoms with Crippen LogP contribution in [0.5, 0.6) is 0 Å². The van der Waals surface area contributed by atoms with Gasteiger partial charge in [-0.2, -0.15) is 5.10 Å². The summed E-state index contributed by atoms with van der Waals surface area (Å²) in [5.74, 6) is 1.17. The lowest BCUT2D eigenvalue weighted by Gasteiger charge is -2.26. The normalized spacial score (nSPS) is 12.4. The molecule has 0 amide bonds. The second-order valence-electron chi connectivity index (χ2n) is 4.68. The van der Waals surface area contributed by atoms with E-state index in [9.17, 15) is 0 Å². The van der Waals surface area contributed by atoms with E-state index in [0.29, 0.717) is 17.8 Å². The minimum Gasteiger partial charge on any atom is -0.270 e. The minimum atomic E-state index is -0.0146. The van der Waals surface area contributed by atoms with E-state index < -0.39 is 0 Å². The summed E-state index contributed by atoms with van der Waals surface area (Å²) in [5, 5.41) is 4.54. The molecule has 0 radical (unpaired) electrons. The van der Waals surface area contributed by atoms with Crippen LogP contribution in [0.3, 0.4) is 0 Å². The lowest BCUT2D eigenvalue weighted by atomic mass is 9.85. The van der Waals surface area contributed by atoms with Gasteiger partial charge in [-0.1, -0.05) is 6.92 Å². The van der Waals surface area contributed by atoms with E-state index in [1.54, 1.807) is 0 Å². The van der Waals surface area contributed by atoms with Crippen LogP contribution in [0.1, 0.15) is 38.9 Å². The van der Waals surface area contributed by atoms with Crippen molar-refractivity contribution in [2.75, 3.05) is 11.8 Å². The molecule has 92 valence electrons. The molecule has 0 saturated heterocycles. The maximum atomic E-state index is 6.02. The molecule has 0 aliphatic carbocycles. The largest absolute Gasteiger partial charge is 0.270 e. The molecule has 0 saturated carbocycles. The molecular weight excluding hydrogens is 243 g/mol. The lowest BCUT2D eigenvalue weighted by Crippen LogP contribution is -2.27. The van der Waals surface area contributed by atoms with Crippen LogP contribution in [-0.4, -0.2) is 21.5 Å². The summed E-state index contributed by atoms with van der Waals surface area (Å²) >= 11 is 12.0. The number of alkyl halides is 2. The summed E-state index contributed by atoms with van der Waals surface area (Å²) < 4.78 is 1.97. The standard InChI is InChI=1S/C12H20Cl2N2/c1-4-12(8-13,9-14)7-11-5-6-16(15-11)10(2)3/h5-6,10H,4,7-9H2,1-3H3. The van der Waals surface area contributed by atoms with Crippen molar-refractivity contribution in [2.24, 2.45) is 5.41 Å². The number of rotatable bonds is 6. The molecule has 0 atom stereocenters. The van der Waals surface area contributed by atoms with Crippen molar-refractivity contribution in [1.29, 1.82) is 0 Å². The molecule has 1 aromatic heterocycles. The van der Waals surface area contributed by atoms with Gasteiger partial charge < -0.3 is 0 Å². The Morgan fingerprint density at radius 3 is 2.38 bits per heavy atom. The van der Waals surface area contributed by atoms with Crippen molar-refractivity contribution >= 4 is 23.2 Å². The minimum absolute atomic E-state index is 0.0146. The second kappa shape index (κ2) is 5.92. The summed E-state index contributed by atoms with van der Waals surface area (Å²) in [6.45, 7) is 6.37. The Hall–Kier alpha value is -0.210. The third-order valence-electron chi connectivity index (χ3n) is 3.07. The highest BCUT2D eigenvalue weighted by Crippen LogP contribution is 2.29. The molecule has 1 rings (SSSR count). The summed E-state index contributed by atoms with van der Waals surface area (Å²) in [4.78, 5) is 0. The van der Waals surface area contributed by atoms with Crippen LogP contribution in [0.2, 0.25) is 0 Å². The summed E-state index contributed by atoms with van der Waals surface area (Å²) in [5.41, 5.74) is 1.07. The Kier molecular flexibility index (Phi) is 5.13. The molecule has 0 aliphatic heterocycles. The van der Waals surface area contributed by atoms with Crippen LogP contribution in [0.25, 0.3) is 0 Å². The molecule has 0 spiro atoms. The monoisotopic (exact) mass is 262 g/mol. The van der Waals surface area contributed by atoms with Gasteiger partial charge in [0, 0.05) is 29.4 Å². The van der Waals surface area contributed by atoms with E-state index in [1.807, 2.05) is 10.9 Å². The first-order chi connectivity index (χ1) is 7.56. The molecule has 0 N–H and O–H groups in total. The Labute approximate surface area is 108 Å². The van der Waals surface area contributed by atoms with Crippen LogP contribution in [0.4, 0.5) is 0 Å². The van der Waals surface area contributed by atoms with Gasteiger partial charge in [-0.05, 0) is 32.8 Å². The topological polar surface area (TPSA) is 17.8 Å². The van der Waals surface area contributed by atoms with Crippen molar-refractivity contribution in [2.45, 2.75) is 39.7 Å². The highest BCUT2D eigenvalue weighted by atomic mass is 35.5. The zero-order chi connectivity index (χ0) is 12.2. The maximum Gasteiger partial charge on any atom is 0.0631 e. The van der Waals surface area contributed by atoms with Gasteiger partial charge in [-0.15, -0.1) is 23.2 Å². The Balaban J connectivity index is 2.77. The zero-order valence-electron chi connectivity index (χ0n) is 10.2. The first-order valence-electron chi connectivity index (χ1n) is 5.73. The molecule has 0 fully saturated rings. The lowest BCUT2D eigenvalue weighted by molar-refractivity contribution is 0.355. The molecule has 0 unspecified atom stereocenters. The van der Waals surface area contributed by atoms with E-state index in [0.717, 1.165) is 18.5 Å². The second-order valence-corrected chi connectivity index (χ2v) is 5.21. The van der Waals surface area contributed by atoms with E-state index in [1.165, 1.54) is 0 Å². The first-order valence-corrected chi connectivity index (χ1v) is 6.80. The quantitative estimate of drug-likeness (QED) is 0.712. The van der Waals surface area contributed by atoms with Crippen molar-refractivity contribution < 1.29 is 0 Å².